The van der Waals surface area contributed by atoms with Gasteiger partial charge in [0.2, 0.25) is 5.91 Å². The number of hydrogen-bond acceptors (Lipinski definition) is 6. The summed E-state index contributed by atoms with van der Waals surface area (Å²) < 4.78 is 4.88. The summed E-state index contributed by atoms with van der Waals surface area (Å²) in [6.45, 7) is 2.71. The number of benzene rings is 1. The molecule has 146 valence electrons. The Morgan fingerprint density at radius 1 is 1.30 bits per heavy atom. The Kier molecular flexibility index (Phi) is 6.86. The number of rotatable bonds is 7. The largest absolute Gasteiger partial charge is 0.462 e. The number of primary amides is 1. The molecule has 1 saturated heterocycles. The monoisotopic (exact) mass is 377 g/mol. The number of esters is 1. The van der Waals surface area contributed by atoms with Crippen molar-refractivity contribution in [3.63, 3.8) is 0 Å². The summed E-state index contributed by atoms with van der Waals surface area (Å²) in [7, 11) is 0. The molecule has 1 heterocycles. The number of non-ortho nitro benzene ring substituents is 1. The molecule has 9 heteroatoms. The molecule has 1 aromatic rings. The van der Waals surface area contributed by atoms with Crippen LogP contribution in [0, 0.1) is 16.0 Å². The van der Waals surface area contributed by atoms with E-state index < -0.39 is 10.9 Å². The zero-order valence-corrected chi connectivity index (χ0v) is 15.2. The Morgan fingerprint density at radius 2 is 2.00 bits per heavy atom. The van der Waals surface area contributed by atoms with Crippen molar-refractivity contribution in [2.45, 2.75) is 32.6 Å². The van der Waals surface area contributed by atoms with E-state index in [1.54, 1.807) is 11.8 Å². The van der Waals surface area contributed by atoms with Crippen LogP contribution >= 0.6 is 0 Å². The number of piperidine rings is 1. The van der Waals surface area contributed by atoms with E-state index in [-0.39, 0.29) is 47.6 Å². The third-order valence-corrected chi connectivity index (χ3v) is 4.49. The van der Waals surface area contributed by atoms with Crippen molar-refractivity contribution in [3.8, 4) is 0 Å². The van der Waals surface area contributed by atoms with Crippen molar-refractivity contribution in [1.29, 1.82) is 0 Å². The molecule has 1 atom stereocenters. The molecule has 1 aromatic carbocycles. The Hall–Kier alpha value is -2.97. The number of nitro benzene ring substituents is 1. The minimum atomic E-state index is -0.715. The van der Waals surface area contributed by atoms with Gasteiger partial charge in [-0.2, -0.15) is 0 Å². The number of ether oxygens (including phenoxy) is 1. The van der Waals surface area contributed by atoms with Gasteiger partial charge in [0.25, 0.3) is 11.6 Å². The van der Waals surface area contributed by atoms with Gasteiger partial charge < -0.3 is 15.4 Å². The van der Waals surface area contributed by atoms with E-state index in [9.17, 15) is 24.5 Å². The van der Waals surface area contributed by atoms with Crippen LogP contribution in [0.5, 0.6) is 0 Å². The number of nitrogens with two attached hydrogens (primary N) is 1. The van der Waals surface area contributed by atoms with Crippen molar-refractivity contribution < 1.29 is 24.0 Å². The van der Waals surface area contributed by atoms with Gasteiger partial charge in [-0.3, -0.25) is 19.7 Å². The summed E-state index contributed by atoms with van der Waals surface area (Å²) in [5.74, 6) is -1.32. The van der Waals surface area contributed by atoms with Gasteiger partial charge in [0.05, 0.1) is 17.1 Å². The highest BCUT2D eigenvalue weighted by atomic mass is 16.6. The number of carbonyl (C=O) groups is 3. The molecule has 0 aliphatic carbocycles. The normalized spacial score (nSPS) is 16.6. The third-order valence-electron chi connectivity index (χ3n) is 4.49. The first kappa shape index (κ1) is 20.3. The van der Waals surface area contributed by atoms with E-state index in [4.69, 9.17) is 10.5 Å². The van der Waals surface area contributed by atoms with Crippen molar-refractivity contribution in [2.24, 2.45) is 11.7 Å². The quantitative estimate of drug-likeness (QED) is 0.438. The lowest BCUT2D eigenvalue weighted by Crippen LogP contribution is -2.40. The maximum Gasteiger partial charge on any atom is 0.338 e. The van der Waals surface area contributed by atoms with Crippen molar-refractivity contribution in [2.75, 3.05) is 19.7 Å². The maximum atomic E-state index is 12.9. The predicted molar refractivity (Wildman–Crippen MR) is 96.1 cm³/mol. The molecule has 0 bridgehead atoms. The molecule has 1 unspecified atom stereocenters. The van der Waals surface area contributed by atoms with E-state index >= 15 is 0 Å². The van der Waals surface area contributed by atoms with E-state index in [1.807, 2.05) is 0 Å². The number of nitrogens with zero attached hydrogens (tertiary/aromatic N) is 2. The highest BCUT2D eigenvalue weighted by Gasteiger charge is 2.27. The lowest BCUT2D eigenvalue weighted by Gasteiger charge is -2.32. The second-order valence-electron chi connectivity index (χ2n) is 6.51. The fraction of sp³-hybridized carbons (Fsp3) is 0.500. The molecule has 1 aliphatic rings. The van der Waals surface area contributed by atoms with Gasteiger partial charge in [-0.25, -0.2) is 4.79 Å². The molecule has 0 aromatic heterocycles. The van der Waals surface area contributed by atoms with E-state index in [0.717, 1.165) is 25.0 Å². The van der Waals surface area contributed by atoms with Crippen LogP contribution in [0.3, 0.4) is 0 Å². The van der Waals surface area contributed by atoms with Gasteiger partial charge in [0, 0.05) is 37.2 Å². The molecule has 9 nitrogen and oxygen atoms in total. The molecule has 1 aliphatic heterocycles. The minimum Gasteiger partial charge on any atom is -0.462 e. The first-order chi connectivity index (χ1) is 12.8. The lowest BCUT2D eigenvalue weighted by molar-refractivity contribution is -0.384. The van der Waals surface area contributed by atoms with Crippen LogP contribution in [0.4, 0.5) is 5.69 Å². The smallest absolute Gasteiger partial charge is 0.338 e. The third kappa shape index (κ3) is 5.50. The van der Waals surface area contributed by atoms with Crippen molar-refractivity contribution in [3.05, 3.63) is 39.4 Å². The van der Waals surface area contributed by atoms with Crippen LogP contribution in [-0.4, -0.2) is 47.3 Å². The summed E-state index contributed by atoms with van der Waals surface area (Å²) in [6, 6.07) is 3.58. The second-order valence-corrected chi connectivity index (χ2v) is 6.51. The molecule has 1 fully saturated rings. The van der Waals surface area contributed by atoms with E-state index in [2.05, 4.69) is 0 Å². The van der Waals surface area contributed by atoms with E-state index in [0.29, 0.717) is 19.5 Å². The van der Waals surface area contributed by atoms with Crippen LogP contribution in [-0.2, 0) is 9.53 Å². The fourth-order valence-electron chi connectivity index (χ4n) is 3.19. The molecule has 2 rings (SSSR count). The molecule has 2 amide bonds. The Labute approximate surface area is 156 Å². The summed E-state index contributed by atoms with van der Waals surface area (Å²) in [5.41, 5.74) is 4.88. The first-order valence-corrected chi connectivity index (χ1v) is 8.86. The topological polar surface area (TPSA) is 133 Å². The Bertz CT molecular complexity index is 749. The standard InChI is InChI=1S/C18H23N3O6/c1-2-27-18(24)14-8-13(9-15(10-14)21(25)26)17(23)20-7-3-4-12(11-20)5-6-16(19)22/h8-10,12H,2-7,11H2,1H3,(H2,19,22). The molecular weight excluding hydrogens is 354 g/mol. The summed E-state index contributed by atoms with van der Waals surface area (Å²) >= 11 is 0. The summed E-state index contributed by atoms with van der Waals surface area (Å²) in [4.78, 5) is 47.9. The number of likely N-dealkylation sites (tertiary alicyclic amines) is 1. The van der Waals surface area contributed by atoms with Gasteiger partial charge in [-0.1, -0.05) is 0 Å². The van der Waals surface area contributed by atoms with Crippen LogP contribution in [0.2, 0.25) is 0 Å². The molecule has 0 saturated carbocycles. The van der Waals surface area contributed by atoms with Crippen LogP contribution < -0.4 is 5.73 Å². The SMILES string of the molecule is CCOC(=O)c1cc(C(=O)N2CCCC(CCC(N)=O)C2)cc([N+](=O)[O-])c1. The first-order valence-electron chi connectivity index (χ1n) is 8.86. The lowest BCUT2D eigenvalue weighted by atomic mass is 9.92. The minimum absolute atomic E-state index is 0.0308. The summed E-state index contributed by atoms with van der Waals surface area (Å²) in [5, 5.41) is 11.2. The molecule has 0 radical (unpaired) electrons. The Balaban J connectivity index is 2.22. The highest BCUT2D eigenvalue weighted by molar-refractivity contribution is 5.99. The Morgan fingerprint density at radius 3 is 2.63 bits per heavy atom. The van der Waals surface area contributed by atoms with Crippen LogP contribution in [0.15, 0.2) is 18.2 Å². The number of amides is 2. The average Bonchev–Trinajstić information content (AvgIpc) is 2.65. The van der Waals surface area contributed by atoms with Gasteiger partial charge in [-0.15, -0.1) is 0 Å². The van der Waals surface area contributed by atoms with Gasteiger partial charge in [0.15, 0.2) is 0 Å². The van der Waals surface area contributed by atoms with Crippen molar-refractivity contribution >= 4 is 23.5 Å². The zero-order chi connectivity index (χ0) is 20.0. The average molecular weight is 377 g/mol. The second kappa shape index (κ2) is 9.11. The number of nitro groups is 1. The fourth-order valence-corrected chi connectivity index (χ4v) is 3.19. The number of hydrogen-bond donors (Lipinski definition) is 1. The molecular formula is C18H23N3O6. The summed E-state index contributed by atoms with van der Waals surface area (Å²) in [6.07, 6.45) is 2.52. The van der Waals surface area contributed by atoms with Gasteiger partial charge in [0.1, 0.15) is 0 Å². The number of carbonyl (C=O) groups excluding carboxylic acids is 3. The molecule has 27 heavy (non-hydrogen) atoms. The van der Waals surface area contributed by atoms with Crippen molar-refractivity contribution in [1.82, 2.24) is 4.90 Å². The maximum absolute atomic E-state index is 12.9. The molecule has 0 spiro atoms. The highest BCUT2D eigenvalue weighted by Crippen LogP contribution is 2.24. The zero-order valence-electron chi connectivity index (χ0n) is 15.2. The molecule has 2 N–H and O–H groups in total. The van der Waals surface area contributed by atoms with Crippen LogP contribution in [0.1, 0.15) is 53.3 Å². The van der Waals surface area contributed by atoms with Gasteiger partial charge in [-0.05, 0) is 38.2 Å². The van der Waals surface area contributed by atoms with Gasteiger partial charge >= 0.3 is 5.97 Å². The van der Waals surface area contributed by atoms with Crippen LogP contribution in [0.25, 0.3) is 0 Å². The predicted octanol–water partition coefficient (Wildman–Crippen LogP) is 1.89. The van der Waals surface area contributed by atoms with E-state index in [1.165, 1.54) is 6.07 Å².